The van der Waals surface area contributed by atoms with Crippen LogP contribution < -0.4 is 0 Å². The molecule has 0 aliphatic carbocycles. The third-order valence-electron chi connectivity index (χ3n) is 2.06. The Morgan fingerprint density at radius 3 is 1.82 bits per heavy atom. The van der Waals surface area contributed by atoms with Crippen LogP contribution in [0.25, 0.3) is 0 Å². The second kappa shape index (κ2) is 6.97. The van der Waals surface area contributed by atoms with Crippen molar-refractivity contribution < 1.29 is 49.8 Å². The molecule has 4 nitrogen and oxygen atoms in total. The quantitative estimate of drug-likeness (QED) is 0.310. The fourth-order valence-corrected chi connectivity index (χ4v) is 0.949. The zero-order valence-corrected chi connectivity index (χ0v) is 11.1. The normalized spacial score (nSPS) is 12.7. The van der Waals surface area contributed by atoms with Gasteiger partial charge in [0, 0.05) is 5.57 Å². The molecule has 0 unspecified atom stereocenters. The van der Waals surface area contributed by atoms with Crippen molar-refractivity contribution in [3.05, 3.63) is 12.2 Å². The molecule has 0 spiro atoms. The van der Waals surface area contributed by atoms with Gasteiger partial charge in [0.1, 0.15) is 13.2 Å². The van der Waals surface area contributed by atoms with Crippen LogP contribution in [0.1, 0.15) is 13.3 Å². The first kappa shape index (κ1) is 20.2. The Balaban J connectivity index is 4.47. The summed E-state index contributed by atoms with van der Waals surface area (Å²) in [6.07, 6.45) is -9.30. The number of carbonyl (C=O) groups excluding carboxylic acids is 2. The van der Waals surface area contributed by atoms with Crippen LogP contribution in [-0.2, 0) is 19.1 Å². The van der Waals surface area contributed by atoms with Gasteiger partial charge in [-0.3, -0.25) is 0 Å². The standard InChI is InChI=1S/C11H11F7O4/c1-6(2)7(19)21-3-4-22-8(20)9(12,13)5-10(14,15)11(16,17)18/h1,3-5H2,2H3. The summed E-state index contributed by atoms with van der Waals surface area (Å²) in [5.74, 6) is -14.3. The van der Waals surface area contributed by atoms with E-state index >= 15 is 0 Å². The average molecular weight is 340 g/mol. The lowest BCUT2D eigenvalue weighted by atomic mass is 10.1. The van der Waals surface area contributed by atoms with Gasteiger partial charge in [0.2, 0.25) is 0 Å². The highest BCUT2D eigenvalue weighted by molar-refractivity contribution is 5.86. The van der Waals surface area contributed by atoms with Crippen LogP contribution in [0, 0.1) is 0 Å². The molecule has 0 amide bonds. The minimum absolute atomic E-state index is 0.0403. The fraction of sp³-hybridized carbons (Fsp3) is 0.636. The highest BCUT2D eigenvalue weighted by Gasteiger charge is 2.63. The van der Waals surface area contributed by atoms with Crippen molar-refractivity contribution >= 4 is 11.9 Å². The van der Waals surface area contributed by atoms with Gasteiger partial charge in [0.15, 0.2) is 0 Å². The van der Waals surface area contributed by atoms with E-state index in [0.29, 0.717) is 0 Å². The van der Waals surface area contributed by atoms with Gasteiger partial charge < -0.3 is 9.47 Å². The van der Waals surface area contributed by atoms with E-state index in [1.807, 2.05) is 0 Å². The van der Waals surface area contributed by atoms with Crippen molar-refractivity contribution in [2.24, 2.45) is 0 Å². The Morgan fingerprint density at radius 2 is 1.41 bits per heavy atom. The average Bonchev–Trinajstić information content (AvgIpc) is 2.30. The van der Waals surface area contributed by atoms with Gasteiger partial charge >= 0.3 is 30.0 Å². The van der Waals surface area contributed by atoms with Crippen LogP contribution in [0.5, 0.6) is 0 Å². The summed E-state index contributed by atoms with van der Waals surface area (Å²) in [4.78, 5) is 21.7. The zero-order valence-electron chi connectivity index (χ0n) is 11.1. The topological polar surface area (TPSA) is 52.6 Å². The molecule has 0 atom stereocenters. The molecule has 0 aromatic heterocycles. The van der Waals surface area contributed by atoms with Crippen molar-refractivity contribution in [2.75, 3.05) is 13.2 Å². The number of esters is 2. The van der Waals surface area contributed by atoms with Gasteiger partial charge in [-0.15, -0.1) is 0 Å². The van der Waals surface area contributed by atoms with Gasteiger partial charge in [-0.2, -0.15) is 30.7 Å². The van der Waals surface area contributed by atoms with Crippen LogP contribution in [-0.4, -0.2) is 43.2 Å². The number of hydrogen-bond donors (Lipinski definition) is 0. The predicted molar refractivity (Wildman–Crippen MR) is 57.3 cm³/mol. The van der Waals surface area contributed by atoms with Crippen LogP contribution in [0.3, 0.4) is 0 Å². The summed E-state index contributed by atoms with van der Waals surface area (Å²) < 4.78 is 94.4. The summed E-state index contributed by atoms with van der Waals surface area (Å²) in [5, 5.41) is 0. The number of carbonyl (C=O) groups is 2. The van der Waals surface area contributed by atoms with Crippen LogP contribution in [0.4, 0.5) is 30.7 Å². The van der Waals surface area contributed by atoms with Gasteiger partial charge in [-0.05, 0) is 6.92 Å². The molecule has 0 aromatic rings. The molecule has 11 heteroatoms. The van der Waals surface area contributed by atoms with Crippen molar-refractivity contribution in [1.29, 1.82) is 0 Å². The predicted octanol–water partition coefficient (Wildman–Crippen LogP) is 2.87. The van der Waals surface area contributed by atoms with Crippen LogP contribution in [0.15, 0.2) is 12.2 Å². The Hall–Kier alpha value is -1.81. The van der Waals surface area contributed by atoms with E-state index in [0.717, 1.165) is 0 Å². The monoisotopic (exact) mass is 340 g/mol. The summed E-state index contributed by atoms with van der Waals surface area (Å²) in [6, 6.07) is 0. The highest BCUT2D eigenvalue weighted by atomic mass is 19.4. The van der Waals surface area contributed by atoms with Crippen LogP contribution in [0.2, 0.25) is 0 Å². The van der Waals surface area contributed by atoms with Gasteiger partial charge in [-0.1, -0.05) is 6.58 Å². The minimum atomic E-state index is -6.23. The maximum Gasteiger partial charge on any atom is 0.453 e. The molecule has 0 saturated heterocycles. The molecule has 22 heavy (non-hydrogen) atoms. The maximum absolute atomic E-state index is 13.0. The zero-order chi connectivity index (χ0) is 17.8. The summed E-state index contributed by atoms with van der Waals surface area (Å²) >= 11 is 0. The first-order valence-electron chi connectivity index (χ1n) is 5.53. The Kier molecular flexibility index (Phi) is 6.39. The highest BCUT2D eigenvalue weighted by Crippen LogP contribution is 2.42. The third kappa shape index (κ3) is 5.90. The molecule has 0 fully saturated rings. The van der Waals surface area contributed by atoms with Crippen molar-refractivity contribution in [1.82, 2.24) is 0 Å². The first-order chi connectivity index (χ1) is 9.71. The summed E-state index contributed by atoms with van der Waals surface area (Å²) in [7, 11) is 0. The van der Waals surface area contributed by atoms with Crippen molar-refractivity contribution in [3.63, 3.8) is 0 Å². The van der Waals surface area contributed by atoms with Gasteiger partial charge in [0.05, 0.1) is 6.42 Å². The lowest BCUT2D eigenvalue weighted by Gasteiger charge is -2.23. The largest absolute Gasteiger partial charge is 0.459 e. The first-order valence-corrected chi connectivity index (χ1v) is 5.53. The van der Waals surface area contributed by atoms with E-state index in [1.165, 1.54) is 6.92 Å². The number of alkyl halides is 7. The SMILES string of the molecule is C=C(C)C(=O)OCCOC(=O)C(F)(F)CC(F)(F)C(F)(F)F. The molecule has 0 aliphatic heterocycles. The molecule has 0 N–H and O–H groups in total. The molecule has 0 saturated carbocycles. The van der Waals surface area contributed by atoms with E-state index in [4.69, 9.17) is 0 Å². The van der Waals surface area contributed by atoms with E-state index in [1.54, 1.807) is 0 Å². The summed E-state index contributed by atoms with van der Waals surface area (Å²) in [5.41, 5.74) is -0.0403. The Morgan fingerprint density at radius 1 is 0.955 bits per heavy atom. The van der Waals surface area contributed by atoms with Gasteiger partial charge in [-0.25, -0.2) is 9.59 Å². The molecule has 0 bridgehead atoms. The lowest BCUT2D eigenvalue weighted by molar-refractivity contribution is -0.299. The molecule has 0 aromatic carbocycles. The molecule has 0 radical (unpaired) electrons. The molecule has 0 aliphatic rings. The second-order valence-corrected chi connectivity index (χ2v) is 4.14. The molecule has 128 valence electrons. The molecule has 0 rings (SSSR count). The van der Waals surface area contributed by atoms with E-state index in [2.05, 4.69) is 16.1 Å². The maximum atomic E-state index is 13.0. The Labute approximate surface area is 119 Å². The molecule has 0 heterocycles. The lowest BCUT2D eigenvalue weighted by Crippen LogP contribution is -2.45. The number of ether oxygens (including phenoxy) is 2. The molecular weight excluding hydrogens is 329 g/mol. The van der Waals surface area contributed by atoms with Gasteiger partial charge in [0.25, 0.3) is 0 Å². The van der Waals surface area contributed by atoms with Crippen LogP contribution >= 0.6 is 0 Å². The fourth-order valence-electron chi connectivity index (χ4n) is 0.949. The summed E-state index contributed by atoms with van der Waals surface area (Å²) in [6.45, 7) is 2.81. The smallest absolute Gasteiger partial charge is 0.453 e. The van der Waals surface area contributed by atoms with E-state index in [-0.39, 0.29) is 5.57 Å². The van der Waals surface area contributed by atoms with Crippen molar-refractivity contribution in [3.8, 4) is 0 Å². The molecular formula is C11H11F7O4. The third-order valence-corrected chi connectivity index (χ3v) is 2.06. The van der Waals surface area contributed by atoms with Crippen molar-refractivity contribution in [2.45, 2.75) is 31.4 Å². The second-order valence-electron chi connectivity index (χ2n) is 4.14. The number of rotatable bonds is 7. The Bertz CT molecular complexity index is 442. The number of halogens is 7. The number of hydrogen-bond acceptors (Lipinski definition) is 4. The van der Waals surface area contributed by atoms with E-state index in [9.17, 15) is 40.3 Å². The van der Waals surface area contributed by atoms with E-state index < -0.39 is 49.6 Å². The minimum Gasteiger partial charge on any atom is -0.459 e.